The van der Waals surface area contributed by atoms with Crippen LogP contribution in [0.15, 0.2) is 4.99 Å². The Morgan fingerprint density at radius 2 is 2.19 bits per heavy atom. The molecule has 0 aromatic heterocycles. The Balaban J connectivity index is 2.03. The fourth-order valence-corrected chi connectivity index (χ4v) is 3.01. The Hall–Kier alpha value is -0.770. The third kappa shape index (κ3) is 1.90. The maximum absolute atomic E-state index is 5.98. The van der Waals surface area contributed by atoms with Gasteiger partial charge in [0.15, 0.2) is 5.96 Å². The molecule has 0 aromatic rings. The average molecular weight is 225 g/mol. The standard InChI is InChI=1S/C12H23N3O/c1-3-8-15-11(13)14-9-12(15)6-4-10(16-2)5-7-12/h10H,3-9H2,1-2H3,(H2,13,14). The minimum atomic E-state index is 0.217. The van der Waals surface area contributed by atoms with Gasteiger partial charge >= 0.3 is 0 Å². The van der Waals surface area contributed by atoms with Gasteiger partial charge in [0.25, 0.3) is 0 Å². The summed E-state index contributed by atoms with van der Waals surface area (Å²) < 4.78 is 5.43. The molecule has 2 N–H and O–H groups in total. The monoisotopic (exact) mass is 225 g/mol. The van der Waals surface area contributed by atoms with Gasteiger partial charge in [0.05, 0.1) is 18.2 Å². The van der Waals surface area contributed by atoms with Gasteiger partial charge in [-0.3, -0.25) is 4.99 Å². The summed E-state index contributed by atoms with van der Waals surface area (Å²) in [5.74, 6) is 0.748. The van der Waals surface area contributed by atoms with Crippen LogP contribution in [0, 0.1) is 0 Å². The molecule has 1 saturated carbocycles. The van der Waals surface area contributed by atoms with Gasteiger partial charge < -0.3 is 15.4 Å². The van der Waals surface area contributed by atoms with E-state index in [-0.39, 0.29) is 5.54 Å². The van der Waals surface area contributed by atoms with E-state index >= 15 is 0 Å². The fourth-order valence-electron chi connectivity index (χ4n) is 3.01. The molecular formula is C12H23N3O. The Bertz CT molecular complexity index is 269. The van der Waals surface area contributed by atoms with Crippen LogP contribution in [0.2, 0.25) is 0 Å². The highest BCUT2D eigenvalue weighted by Gasteiger charge is 2.44. The molecule has 0 amide bonds. The van der Waals surface area contributed by atoms with E-state index < -0.39 is 0 Å². The normalized spacial score (nSPS) is 34.5. The number of methoxy groups -OCH3 is 1. The smallest absolute Gasteiger partial charge is 0.191 e. The molecule has 0 radical (unpaired) electrons. The van der Waals surface area contributed by atoms with Crippen LogP contribution in [-0.2, 0) is 4.74 Å². The zero-order chi connectivity index (χ0) is 11.6. The van der Waals surface area contributed by atoms with Gasteiger partial charge in [-0.2, -0.15) is 0 Å². The van der Waals surface area contributed by atoms with E-state index in [1.165, 1.54) is 0 Å². The highest BCUT2D eigenvalue weighted by atomic mass is 16.5. The summed E-state index contributed by atoms with van der Waals surface area (Å²) in [5, 5.41) is 0. The number of rotatable bonds is 3. The van der Waals surface area contributed by atoms with Crippen molar-refractivity contribution in [2.75, 3.05) is 20.2 Å². The van der Waals surface area contributed by atoms with E-state index in [9.17, 15) is 0 Å². The van der Waals surface area contributed by atoms with Gasteiger partial charge in [0, 0.05) is 13.7 Å². The maximum Gasteiger partial charge on any atom is 0.191 e. The summed E-state index contributed by atoms with van der Waals surface area (Å²) >= 11 is 0. The molecule has 4 nitrogen and oxygen atoms in total. The number of nitrogens with two attached hydrogens (primary N) is 1. The number of hydrogen-bond acceptors (Lipinski definition) is 4. The molecule has 2 rings (SSSR count). The van der Waals surface area contributed by atoms with Crippen molar-refractivity contribution in [2.45, 2.75) is 50.7 Å². The zero-order valence-corrected chi connectivity index (χ0v) is 10.4. The van der Waals surface area contributed by atoms with Crippen LogP contribution in [0.5, 0.6) is 0 Å². The topological polar surface area (TPSA) is 50.8 Å². The summed E-state index contributed by atoms with van der Waals surface area (Å²) in [6, 6.07) is 0. The Morgan fingerprint density at radius 3 is 2.75 bits per heavy atom. The number of ether oxygens (including phenoxy) is 1. The molecule has 92 valence electrons. The lowest BCUT2D eigenvalue weighted by molar-refractivity contribution is 0.0232. The lowest BCUT2D eigenvalue weighted by atomic mass is 9.79. The van der Waals surface area contributed by atoms with Crippen LogP contribution in [-0.4, -0.2) is 42.7 Å². The second kappa shape index (κ2) is 4.62. The summed E-state index contributed by atoms with van der Waals surface area (Å²) in [6.45, 7) is 4.11. The third-order valence-corrected chi connectivity index (χ3v) is 4.03. The lowest BCUT2D eigenvalue weighted by Gasteiger charge is -2.43. The van der Waals surface area contributed by atoms with Gasteiger partial charge in [0.2, 0.25) is 0 Å². The minimum Gasteiger partial charge on any atom is -0.381 e. The van der Waals surface area contributed by atoms with Crippen molar-refractivity contribution in [3.05, 3.63) is 0 Å². The Morgan fingerprint density at radius 1 is 1.50 bits per heavy atom. The lowest BCUT2D eigenvalue weighted by Crippen LogP contribution is -2.54. The molecule has 1 aliphatic carbocycles. The van der Waals surface area contributed by atoms with Crippen LogP contribution < -0.4 is 5.73 Å². The molecule has 1 heterocycles. The number of nitrogens with zero attached hydrogens (tertiary/aromatic N) is 2. The second-order valence-electron chi connectivity index (χ2n) is 4.99. The molecule has 4 heteroatoms. The van der Waals surface area contributed by atoms with Crippen LogP contribution in [0.25, 0.3) is 0 Å². The van der Waals surface area contributed by atoms with Gasteiger partial charge in [-0.05, 0) is 32.1 Å². The number of aliphatic imine (C=N–C) groups is 1. The zero-order valence-electron chi connectivity index (χ0n) is 10.4. The van der Waals surface area contributed by atoms with Crippen molar-refractivity contribution in [1.29, 1.82) is 0 Å². The van der Waals surface area contributed by atoms with Gasteiger partial charge in [-0.1, -0.05) is 6.92 Å². The first-order valence-electron chi connectivity index (χ1n) is 6.32. The van der Waals surface area contributed by atoms with E-state index in [4.69, 9.17) is 10.5 Å². The molecular weight excluding hydrogens is 202 g/mol. The molecule has 2 aliphatic rings. The molecule has 1 fully saturated rings. The molecule has 0 aromatic carbocycles. The van der Waals surface area contributed by atoms with E-state index in [1.54, 1.807) is 0 Å². The second-order valence-corrected chi connectivity index (χ2v) is 4.99. The SMILES string of the molecule is CCCN1C(N)=NCC12CCC(OC)CC2. The van der Waals surface area contributed by atoms with Crippen molar-refractivity contribution in [1.82, 2.24) is 4.90 Å². The van der Waals surface area contributed by atoms with E-state index in [0.717, 1.165) is 51.2 Å². The first-order valence-corrected chi connectivity index (χ1v) is 6.32. The quantitative estimate of drug-likeness (QED) is 0.789. The summed E-state index contributed by atoms with van der Waals surface area (Å²) in [7, 11) is 1.81. The molecule has 1 aliphatic heterocycles. The van der Waals surface area contributed by atoms with Crippen molar-refractivity contribution in [3.8, 4) is 0 Å². The first kappa shape index (κ1) is 11.7. The minimum absolute atomic E-state index is 0.217. The summed E-state index contributed by atoms with van der Waals surface area (Å²) in [4.78, 5) is 6.78. The van der Waals surface area contributed by atoms with E-state index in [2.05, 4.69) is 16.8 Å². The van der Waals surface area contributed by atoms with E-state index in [0.29, 0.717) is 6.10 Å². The average Bonchev–Trinajstić information content (AvgIpc) is 2.60. The maximum atomic E-state index is 5.98. The summed E-state index contributed by atoms with van der Waals surface area (Å²) in [5.41, 5.74) is 6.20. The number of guanidine groups is 1. The summed E-state index contributed by atoms with van der Waals surface area (Å²) in [6.07, 6.45) is 6.17. The van der Waals surface area contributed by atoms with Crippen molar-refractivity contribution >= 4 is 5.96 Å². The Kier molecular flexibility index (Phi) is 3.38. The highest BCUT2D eigenvalue weighted by molar-refractivity contribution is 5.81. The van der Waals surface area contributed by atoms with Crippen molar-refractivity contribution < 1.29 is 4.74 Å². The van der Waals surface area contributed by atoms with Crippen molar-refractivity contribution in [3.63, 3.8) is 0 Å². The number of hydrogen-bond donors (Lipinski definition) is 1. The van der Waals surface area contributed by atoms with Crippen molar-refractivity contribution in [2.24, 2.45) is 10.7 Å². The van der Waals surface area contributed by atoms with Crippen LogP contribution >= 0.6 is 0 Å². The van der Waals surface area contributed by atoms with Crippen LogP contribution in [0.1, 0.15) is 39.0 Å². The van der Waals surface area contributed by atoms with Crippen LogP contribution in [0.4, 0.5) is 0 Å². The highest BCUT2D eigenvalue weighted by Crippen LogP contribution is 2.37. The molecule has 16 heavy (non-hydrogen) atoms. The molecule has 1 spiro atoms. The largest absolute Gasteiger partial charge is 0.381 e. The van der Waals surface area contributed by atoms with Gasteiger partial charge in [-0.15, -0.1) is 0 Å². The van der Waals surface area contributed by atoms with Gasteiger partial charge in [-0.25, -0.2) is 0 Å². The predicted octanol–water partition coefficient (Wildman–Crippen LogP) is 1.35. The molecule has 0 atom stereocenters. The van der Waals surface area contributed by atoms with E-state index in [1.807, 2.05) is 7.11 Å². The predicted molar refractivity (Wildman–Crippen MR) is 65.5 cm³/mol. The molecule has 0 bridgehead atoms. The van der Waals surface area contributed by atoms with Gasteiger partial charge in [0.1, 0.15) is 0 Å². The third-order valence-electron chi connectivity index (χ3n) is 4.03. The Labute approximate surface area is 97.9 Å². The first-order chi connectivity index (χ1) is 7.72. The fraction of sp³-hybridized carbons (Fsp3) is 0.917. The molecule has 0 saturated heterocycles. The molecule has 0 unspecified atom stereocenters. The van der Waals surface area contributed by atoms with Crippen LogP contribution in [0.3, 0.4) is 0 Å².